The number of nitrogens with two attached hydrogens (primary N) is 1. The topological polar surface area (TPSA) is 64.2 Å². The van der Waals surface area contributed by atoms with E-state index in [-0.39, 0.29) is 5.95 Å². The molecule has 1 heterocycles. The molecule has 0 radical (unpaired) electrons. The fraction of sp³-hybridized carbons (Fsp3) is 0.278. The van der Waals surface area contributed by atoms with Crippen LogP contribution in [0.5, 0.6) is 0 Å². The number of nitrogen functional groups attached to an aromatic ring is 1. The van der Waals surface area contributed by atoms with Gasteiger partial charge in [-0.3, -0.25) is 4.99 Å². The highest BCUT2D eigenvalue weighted by atomic mass is 15.0. The third-order valence-corrected chi connectivity index (χ3v) is 3.69. The molecule has 4 heteroatoms. The molecule has 1 aromatic heterocycles. The highest BCUT2D eigenvalue weighted by molar-refractivity contribution is 5.85. The van der Waals surface area contributed by atoms with Crippen LogP contribution < -0.4 is 5.73 Å². The Kier molecular flexibility index (Phi) is 4.71. The molecule has 0 aliphatic rings. The van der Waals surface area contributed by atoms with E-state index >= 15 is 0 Å². The van der Waals surface area contributed by atoms with Crippen molar-refractivity contribution >= 4 is 22.9 Å². The van der Waals surface area contributed by atoms with Crippen LogP contribution in [0.1, 0.15) is 42.7 Å². The van der Waals surface area contributed by atoms with E-state index in [9.17, 15) is 0 Å². The van der Waals surface area contributed by atoms with Gasteiger partial charge in [-0.15, -0.1) is 0 Å². The Morgan fingerprint density at radius 1 is 1.32 bits per heavy atom. The molecular weight excluding hydrogens is 272 g/mol. The molecule has 0 saturated carbocycles. The molecule has 2 aromatic rings. The second-order valence-electron chi connectivity index (χ2n) is 5.41. The van der Waals surface area contributed by atoms with E-state index in [1.807, 2.05) is 26.0 Å². The number of benzene rings is 1. The first-order chi connectivity index (χ1) is 10.4. The van der Waals surface area contributed by atoms with Gasteiger partial charge >= 0.3 is 0 Å². The minimum absolute atomic E-state index is 0.282. The number of aryl methyl sites for hydroxylation is 2. The third kappa shape index (κ3) is 3.39. The SMILES string of the molecule is C=C(c1ccc(N=C(C)CC)c(C)c1)c1cnc(N)nc1C. The number of rotatable bonds is 4. The predicted octanol–water partition coefficient (Wildman–Crippen LogP) is 4.24. The van der Waals surface area contributed by atoms with Crippen LogP contribution in [0.4, 0.5) is 11.6 Å². The van der Waals surface area contributed by atoms with Crippen LogP contribution in [0.3, 0.4) is 0 Å². The molecule has 0 spiro atoms. The minimum atomic E-state index is 0.282. The van der Waals surface area contributed by atoms with Crippen molar-refractivity contribution in [2.24, 2.45) is 4.99 Å². The Labute approximate surface area is 131 Å². The molecule has 114 valence electrons. The van der Waals surface area contributed by atoms with Gasteiger partial charge in [-0.2, -0.15) is 0 Å². The van der Waals surface area contributed by atoms with Crippen molar-refractivity contribution in [2.75, 3.05) is 5.73 Å². The monoisotopic (exact) mass is 294 g/mol. The summed E-state index contributed by atoms with van der Waals surface area (Å²) in [6, 6.07) is 6.16. The fourth-order valence-electron chi connectivity index (χ4n) is 2.19. The summed E-state index contributed by atoms with van der Waals surface area (Å²) >= 11 is 0. The van der Waals surface area contributed by atoms with E-state index in [1.165, 1.54) is 0 Å². The fourth-order valence-corrected chi connectivity index (χ4v) is 2.19. The number of aromatic nitrogens is 2. The maximum absolute atomic E-state index is 5.60. The average Bonchev–Trinajstić information content (AvgIpc) is 2.48. The molecule has 0 unspecified atom stereocenters. The van der Waals surface area contributed by atoms with E-state index in [1.54, 1.807) is 6.20 Å². The van der Waals surface area contributed by atoms with Crippen molar-refractivity contribution in [2.45, 2.75) is 34.1 Å². The standard InChI is InChI=1S/C18H22N4/c1-6-12(3)21-17-8-7-15(9-11(17)2)13(4)16-10-20-18(19)22-14(16)5/h7-10H,4,6H2,1-3,5H3,(H2,19,20,22). The van der Waals surface area contributed by atoms with Crippen LogP contribution in [0.2, 0.25) is 0 Å². The number of hydrogen-bond acceptors (Lipinski definition) is 4. The molecule has 0 atom stereocenters. The second kappa shape index (κ2) is 6.52. The van der Waals surface area contributed by atoms with Gasteiger partial charge in [0.15, 0.2) is 0 Å². The summed E-state index contributed by atoms with van der Waals surface area (Å²) in [4.78, 5) is 12.9. The van der Waals surface area contributed by atoms with E-state index < -0.39 is 0 Å². The van der Waals surface area contributed by atoms with Crippen molar-refractivity contribution in [1.82, 2.24) is 9.97 Å². The number of hydrogen-bond donors (Lipinski definition) is 1. The molecule has 1 aromatic carbocycles. The normalized spacial score (nSPS) is 11.5. The minimum Gasteiger partial charge on any atom is -0.368 e. The Hall–Kier alpha value is -2.49. The molecule has 2 rings (SSSR count). The van der Waals surface area contributed by atoms with Gasteiger partial charge in [0, 0.05) is 17.5 Å². The number of nitrogens with zero attached hydrogens (tertiary/aromatic N) is 3. The first-order valence-electron chi connectivity index (χ1n) is 7.36. The molecule has 0 aliphatic carbocycles. The van der Waals surface area contributed by atoms with Crippen LogP contribution in [0, 0.1) is 13.8 Å². The van der Waals surface area contributed by atoms with Gasteiger partial charge in [-0.05, 0) is 56.0 Å². The Balaban J connectivity index is 2.37. The van der Waals surface area contributed by atoms with Crippen LogP contribution in [0.15, 0.2) is 36.0 Å². The molecule has 4 nitrogen and oxygen atoms in total. The smallest absolute Gasteiger partial charge is 0.220 e. The Morgan fingerprint density at radius 2 is 2.05 bits per heavy atom. The van der Waals surface area contributed by atoms with Gasteiger partial charge in [0.1, 0.15) is 0 Å². The Bertz CT molecular complexity index is 745. The Morgan fingerprint density at radius 3 is 2.64 bits per heavy atom. The molecule has 0 amide bonds. The van der Waals surface area contributed by atoms with Crippen LogP contribution in [-0.4, -0.2) is 15.7 Å². The van der Waals surface area contributed by atoms with Gasteiger partial charge in [-0.25, -0.2) is 9.97 Å². The lowest BCUT2D eigenvalue weighted by atomic mass is 9.97. The van der Waals surface area contributed by atoms with E-state index in [0.29, 0.717) is 0 Å². The molecular formula is C18H22N4. The first kappa shape index (κ1) is 15.9. The quantitative estimate of drug-likeness (QED) is 0.858. The van der Waals surface area contributed by atoms with Crippen LogP contribution in [0.25, 0.3) is 5.57 Å². The van der Waals surface area contributed by atoms with E-state index in [2.05, 4.69) is 41.5 Å². The molecule has 22 heavy (non-hydrogen) atoms. The van der Waals surface area contributed by atoms with Gasteiger partial charge in [0.05, 0.1) is 11.4 Å². The third-order valence-electron chi connectivity index (χ3n) is 3.69. The zero-order valence-corrected chi connectivity index (χ0v) is 13.6. The van der Waals surface area contributed by atoms with Crippen LogP contribution in [-0.2, 0) is 0 Å². The van der Waals surface area contributed by atoms with Gasteiger partial charge in [0.2, 0.25) is 5.95 Å². The average molecular weight is 294 g/mol. The summed E-state index contributed by atoms with van der Waals surface area (Å²) in [5.74, 6) is 0.282. The maximum Gasteiger partial charge on any atom is 0.220 e. The largest absolute Gasteiger partial charge is 0.368 e. The van der Waals surface area contributed by atoms with Crippen molar-refractivity contribution < 1.29 is 0 Å². The molecule has 0 fully saturated rings. The van der Waals surface area contributed by atoms with Crippen molar-refractivity contribution in [3.8, 4) is 0 Å². The van der Waals surface area contributed by atoms with Gasteiger partial charge < -0.3 is 5.73 Å². The highest BCUT2D eigenvalue weighted by Gasteiger charge is 2.09. The molecule has 0 saturated heterocycles. The summed E-state index contributed by atoms with van der Waals surface area (Å²) in [6.45, 7) is 12.3. The molecule has 0 aliphatic heterocycles. The highest BCUT2D eigenvalue weighted by Crippen LogP contribution is 2.28. The van der Waals surface area contributed by atoms with Gasteiger partial charge in [-0.1, -0.05) is 19.6 Å². The van der Waals surface area contributed by atoms with Gasteiger partial charge in [0.25, 0.3) is 0 Å². The van der Waals surface area contributed by atoms with Crippen LogP contribution >= 0.6 is 0 Å². The lowest BCUT2D eigenvalue weighted by Gasteiger charge is -2.11. The zero-order chi connectivity index (χ0) is 16.3. The van der Waals surface area contributed by atoms with Crippen molar-refractivity contribution in [3.63, 3.8) is 0 Å². The summed E-state index contributed by atoms with van der Waals surface area (Å²) in [7, 11) is 0. The molecule has 2 N–H and O–H groups in total. The lowest BCUT2D eigenvalue weighted by molar-refractivity contribution is 1.10. The second-order valence-corrected chi connectivity index (χ2v) is 5.41. The van der Waals surface area contributed by atoms with Crippen molar-refractivity contribution in [1.29, 1.82) is 0 Å². The summed E-state index contributed by atoms with van der Waals surface area (Å²) in [5.41, 5.74) is 12.5. The first-order valence-corrected chi connectivity index (χ1v) is 7.36. The number of anilines is 1. The maximum atomic E-state index is 5.60. The lowest BCUT2D eigenvalue weighted by Crippen LogP contribution is -2.00. The zero-order valence-electron chi connectivity index (χ0n) is 13.6. The summed E-state index contributed by atoms with van der Waals surface area (Å²) < 4.78 is 0. The predicted molar refractivity (Wildman–Crippen MR) is 93.6 cm³/mol. The van der Waals surface area contributed by atoms with E-state index in [4.69, 9.17) is 5.73 Å². The van der Waals surface area contributed by atoms with Crippen molar-refractivity contribution in [3.05, 3.63) is 53.4 Å². The molecule has 0 bridgehead atoms. The van der Waals surface area contributed by atoms with E-state index in [0.717, 1.165) is 45.8 Å². The number of aliphatic imine (C=N–C) groups is 1. The summed E-state index contributed by atoms with van der Waals surface area (Å²) in [6.07, 6.45) is 2.68. The summed E-state index contributed by atoms with van der Waals surface area (Å²) in [5, 5.41) is 0.